The molecule has 0 radical (unpaired) electrons. The zero-order valence-electron chi connectivity index (χ0n) is 18.5. The summed E-state index contributed by atoms with van der Waals surface area (Å²) in [5, 5.41) is 18.2. The summed E-state index contributed by atoms with van der Waals surface area (Å²) in [4.78, 5) is 16.5. The summed E-state index contributed by atoms with van der Waals surface area (Å²) in [6.45, 7) is 3.46. The van der Waals surface area contributed by atoms with Gasteiger partial charge in [0.2, 0.25) is 0 Å². The minimum absolute atomic E-state index is 0.241. The van der Waals surface area contributed by atoms with Crippen LogP contribution >= 0.6 is 0 Å². The highest BCUT2D eigenvalue weighted by molar-refractivity contribution is 7.02. The number of fused-ring (bicyclic) bond motifs is 4. The van der Waals surface area contributed by atoms with Gasteiger partial charge in [-0.05, 0) is 102 Å². The Morgan fingerprint density at radius 3 is 2.77 bits per heavy atom. The first-order valence-electron chi connectivity index (χ1n) is 11.9. The highest BCUT2D eigenvalue weighted by Gasteiger charge is 2.38. The number of hydrogen-bond donors (Lipinski definition) is 2. The van der Waals surface area contributed by atoms with E-state index >= 15 is 0 Å². The quantitative estimate of drug-likeness (QED) is 0.729. The molecule has 0 spiro atoms. The third-order valence-corrected chi connectivity index (χ3v) is 12.0. The summed E-state index contributed by atoms with van der Waals surface area (Å²) >= 11 is 0. The van der Waals surface area contributed by atoms with E-state index < -0.39 is 14.0 Å². The van der Waals surface area contributed by atoms with Gasteiger partial charge in [0.15, 0.2) is 0 Å². The van der Waals surface area contributed by atoms with Crippen molar-refractivity contribution < 1.29 is 9.90 Å². The summed E-state index contributed by atoms with van der Waals surface area (Å²) in [5.41, 5.74) is 5.22. The molecule has 0 fully saturated rings. The molecule has 2 heterocycles. The molecular weight excluding hydrogens is 400 g/mol. The Balaban J connectivity index is 1.70. The van der Waals surface area contributed by atoms with Gasteiger partial charge in [-0.2, -0.15) is 0 Å². The molecule has 3 aliphatic rings. The lowest BCUT2D eigenvalue weighted by Crippen LogP contribution is -2.63. The number of nitrogens with zero attached hydrogens (tertiary/aromatic N) is 1. The maximum atomic E-state index is 11.3. The fourth-order valence-electron chi connectivity index (χ4n) is 5.64. The fourth-order valence-corrected chi connectivity index (χ4v) is 9.68. The van der Waals surface area contributed by atoms with E-state index in [1.54, 1.807) is 0 Å². The van der Waals surface area contributed by atoms with Crippen molar-refractivity contribution in [3.63, 3.8) is 0 Å². The topological polar surface area (TPSA) is 61.7 Å². The molecule has 31 heavy (non-hydrogen) atoms. The molecule has 162 valence electrons. The van der Waals surface area contributed by atoms with Crippen molar-refractivity contribution >= 4 is 41.9 Å². The number of carboxylic acid groups (broad SMARTS) is 1. The SMILES string of the molecule is C[Si]1(CCCC(=O)O)c2cc3c(cc2N=c2cc4c(cc21)=CCCCC4)CCCCN3. The van der Waals surface area contributed by atoms with Crippen molar-refractivity contribution in [2.75, 3.05) is 11.9 Å². The van der Waals surface area contributed by atoms with Gasteiger partial charge in [0, 0.05) is 18.7 Å². The summed E-state index contributed by atoms with van der Waals surface area (Å²) in [7, 11) is -2.11. The zero-order chi connectivity index (χ0) is 21.4. The van der Waals surface area contributed by atoms with E-state index in [4.69, 9.17) is 4.99 Å². The normalized spacial score (nSPS) is 21.6. The van der Waals surface area contributed by atoms with E-state index in [1.165, 1.54) is 58.1 Å². The van der Waals surface area contributed by atoms with Crippen LogP contribution in [0.3, 0.4) is 0 Å². The number of hydrogen-bond acceptors (Lipinski definition) is 3. The van der Waals surface area contributed by atoms with E-state index in [1.807, 2.05) is 0 Å². The van der Waals surface area contributed by atoms with E-state index in [0.717, 1.165) is 49.3 Å². The van der Waals surface area contributed by atoms with Crippen LogP contribution in [0.15, 0.2) is 29.3 Å². The number of anilines is 1. The molecule has 5 heteroatoms. The molecule has 2 aromatic carbocycles. The van der Waals surface area contributed by atoms with Crippen LogP contribution in [0.25, 0.3) is 6.08 Å². The Labute approximate surface area is 185 Å². The van der Waals surface area contributed by atoms with Crippen molar-refractivity contribution in [1.29, 1.82) is 0 Å². The molecule has 5 rings (SSSR count). The average molecular weight is 433 g/mol. The lowest BCUT2D eigenvalue weighted by atomic mass is 10.1. The van der Waals surface area contributed by atoms with Gasteiger partial charge in [0.25, 0.3) is 0 Å². The summed E-state index contributed by atoms with van der Waals surface area (Å²) in [5.74, 6) is -0.697. The highest BCUT2D eigenvalue weighted by atomic mass is 28.3. The number of aryl methyl sites for hydroxylation is 2. The van der Waals surface area contributed by atoms with Crippen LogP contribution in [0.4, 0.5) is 11.4 Å². The van der Waals surface area contributed by atoms with Crippen LogP contribution in [-0.4, -0.2) is 25.7 Å². The molecule has 2 aromatic rings. The molecule has 4 nitrogen and oxygen atoms in total. The maximum Gasteiger partial charge on any atom is 0.303 e. The molecule has 2 N–H and O–H groups in total. The molecule has 2 aliphatic heterocycles. The van der Waals surface area contributed by atoms with Gasteiger partial charge in [0.05, 0.1) is 11.0 Å². The second-order valence-corrected chi connectivity index (χ2v) is 13.9. The number of rotatable bonds is 4. The first kappa shape index (κ1) is 20.5. The highest BCUT2D eigenvalue weighted by Crippen LogP contribution is 2.30. The number of benzene rings is 2. The maximum absolute atomic E-state index is 11.3. The average Bonchev–Trinajstić information content (AvgIpc) is 3.11. The van der Waals surface area contributed by atoms with Crippen LogP contribution < -0.4 is 26.3 Å². The summed E-state index contributed by atoms with van der Waals surface area (Å²) in [6.07, 6.45) is 11.7. The Bertz CT molecular complexity index is 1160. The van der Waals surface area contributed by atoms with Gasteiger partial charge >= 0.3 is 5.97 Å². The Kier molecular flexibility index (Phi) is 5.47. The second kappa shape index (κ2) is 8.27. The van der Waals surface area contributed by atoms with Crippen LogP contribution in [-0.2, 0) is 17.6 Å². The van der Waals surface area contributed by atoms with Gasteiger partial charge in [0.1, 0.15) is 8.07 Å². The van der Waals surface area contributed by atoms with Gasteiger partial charge < -0.3 is 10.4 Å². The first-order chi connectivity index (χ1) is 15.0. The lowest BCUT2D eigenvalue weighted by Gasteiger charge is -2.34. The van der Waals surface area contributed by atoms with E-state index in [-0.39, 0.29) is 6.42 Å². The monoisotopic (exact) mass is 432 g/mol. The van der Waals surface area contributed by atoms with Crippen molar-refractivity contribution in [1.82, 2.24) is 0 Å². The Morgan fingerprint density at radius 2 is 1.90 bits per heavy atom. The molecule has 0 aromatic heterocycles. The predicted molar refractivity (Wildman–Crippen MR) is 129 cm³/mol. The van der Waals surface area contributed by atoms with Crippen molar-refractivity contribution in [2.45, 2.75) is 70.4 Å². The first-order valence-corrected chi connectivity index (χ1v) is 14.6. The molecular formula is C26H32N2O2Si. The fraction of sp³-hybridized carbons (Fsp3) is 0.462. The zero-order valence-corrected chi connectivity index (χ0v) is 19.5. The molecule has 1 aliphatic carbocycles. The smallest absolute Gasteiger partial charge is 0.303 e. The lowest BCUT2D eigenvalue weighted by molar-refractivity contribution is -0.137. The third-order valence-electron chi connectivity index (χ3n) is 7.43. The standard InChI is InChI=1S/C26H32N2O2Si/c1-31(13-7-11-26(29)30)24-16-19-9-4-2-3-8-18(19)14-22(24)28-23-15-20-10-5-6-12-27-21(20)17-25(23)31/h9,14-17,27H,2-8,10-13H2,1H3,(H,29,30). The number of nitrogens with one attached hydrogen (secondary N) is 1. The minimum Gasteiger partial charge on any atom is -0.481 e. The number of aliphatic carboxylic acids is 1. The van der Waals surface area contributed by atoms with Gasteiger partial charge in [-0.3, -0.25) is 4.79 Å². The molecule has 0 saturated heterocycles. The molecule has 1 unspecified atom stereocenters. The van der Waals surface area contributed by atoms with Gasteiger partial charge in [-0.1, -0.05) is 18.7 Å². The predicted octanol–water partition coefficient (Wildman–Crippen LogP) is 3.26. The van der Waals surface area contributed by atoms with Gasteiger partial charge in [-0.25, -0.2) is 4.99 Å². The second-order valence-electron chi connectivity index (χ2n) is 9.62. The van der Waals surface area contributed by atoms with Crippen molar-refractivity contribution in [2.24, 2.45) is 4.99 Å². The minimum atomic E-state index is -2.11. The van der Waals surface area contributed by atoms with E-state index in [0.29, 0.717) is 0 Å². The summed E-state index contributed by atoms with van der Waals surface area (Å²) < 4.78 is 0. The largest absolute Gasteiger partial charge is 0.481 e. The van der Waals surface area contributed by atoms with E-state index in [2.05, 4.69) is 42.2 Å². The van der Waals surface area contributed by atoms with Crippen LogP contribution in [0.1, 0.15) is 56.1 Å². The van der Waals surface area contributed by atoms with Crippen LogP contribution in [0.2, 0.25) is 12.6 Å². The Hall–Kier alpha value is -2.40. The van der Waals surface area contributed by atoms with E-state index in [9.17, 15) is 9.90 Å². The molecule has 0 saturated carbocycles. The molecule has 0 bridgehead atoms. The van der Waals surface area contributed by atoms with Crippen LogP contribution in [0.5, 0.6) is 0 Å². The van der Waals surface area contributed by atoms with Crippen LogP contribution in [0, 0.1) is 0 Å². The molecule has 1 atom stereocenters. The summed E-state index contributed by atoms with van der Waals surface area (Å²) in [6, 6.07) is 10.4. The van der Waals surface area contributed by atoms with Crippen molar-refractivity contribution in [3.8, 4) is 0 Å². The third kappa shape index (κ3) is 3.84. The van der Waals surface area contributed by atoms with Crippen molar-refractivity contribution in [3.05, 3.63) is 46.0 Å². The van der Waals surface area contributed by atoms with Gasteiger partial charge in [-0.15, -0.1) is 0 Å². The Morgan fingerprint density at radius 1 is 1.06 bits per heavy atom. The molecule has 0 amide bonds. The number of carboxylic acids is 1. The number of carbonyl (C=O) groups is 1.